The molecule has 2 N–H and O–H groups in total. The van der Waals surface area contributed by atoms with Crippen molar-refractivity contribution in [2.45, 2.75) is 30.2 Å². The highest BCUT2D eigenvalue weighted by atomic mass is 32.2. The summed E-state index contributed by atoms with van der Waals surface area (Å²) in [5, 5.41) is 12.4. The largest absolute Gasteiger partial charge is 0.480 e. The van der Waals surface area contributed by atoms with Crippen LogP contribution in [0.15, 0.2) is 24.3 Å². The molecule has 1 fully saturated rings. The van der Waals surface area contributed by atoms with Crippen molar-refractivity contribution < 1.29 is 9.90 Å². The van der Waals surface area contributed by atoms with Crippen LogP contribution in [0, 0.1) is 0 Å². The zero-order chi connectivity index (χ0) is 11.9. The first kappa shape index (κ1) is 11.1. The molecule has 1 aliphatic heterocycles. The molecule has 1 aromatic carbocycles. The van der Waals surface area contributed by atoms with E-state index in [1.54, 1.807) is 11.8 Å². The Hall–Kier alpha value is -1.00. The summed E-state index contributed by atoms with van der Waals surface area (Å²) in [6.45, 7) is 0. The standard InChI is InChI=1S/C13H15NO2S/c15-12(16)11-8-17-13(14-11)6-5-9-3-1-2-4-10(9)7-13/h1-4,11,14H,5-8H2,(H,15,16). The van der Waals surface area contributed by atoms with Crippen LogP contribution in [-0.2, 0) is 17.6 Å². The maximum absolute atomic E-state index is 11.0. The van der Waals surface area contributed by atoms with Gasteiger partial charge in [-0.2, -0.15) is 0 Å². The Bertz CT molecular complexity index is 462. The van der Waals surface area contributed by atoms with Crippen LogP contribution in [0.5, 0.6) is 0 Å². The summed E-state index contributed by atoms with van der Waals surface area (Å²) >= 11 is 1.77. The van der Waals surface area contributed by atoms with Gasteiger partial charge in [-0.15, -0.1) is 11.8 Å². The Labute approximate surface area is 105 Å². The molecule has 90 valence electrons. The van der Waals surface area contributed by atoms with Gasteiger partial charge in [0, 0.05) is 12.2 Å². The summed E-state index contributed by atoms with van der Waals surface area (Å²) in [5.74, 6) is -0.0504. The molecule has 3 nitrogen and oxygen atoms in total. The Morgan fingerprint density at radius 3 is 2.88 bits per heavy atom. The lowest BCUT2D eigenvalue weighted by molar-refractivity contribution is -0.138. The molecule has 3 rings (SSSR count). The first-order valence-electron chi connectivity index (χ1n) is 5.90. The number of carboxylic acids is 1. The Morgan fingerprint density at radius 1 is 1.41 bits per heavy atom. The van der Waals surface area contributed by atoms with E-state index in [4.69, 9.17) is 5.11 Å². The first-order chi connectivity index (χ1) is 8.19. The quantitative estimate of drug-likeness (QED) is 0.795. The maximum Gasteiger partial charge on any atom is 0.321 e. The second-order valence-corrected chi connectivity index (χ2v) is 6.19. The molecule has 17 heavy (non-hydrogen) atoms. The molecular weight excluding hydrogens is 234 g/mol. The van der Waals surface area contributed by atoms with E-state index in [9.17, 15) is 4.79 Å². The third-order valence-electron chi connectivity index (χ3n) is 3.65. The van der Waals surface area contributed by atoms with Gasteiger partial charge in [-0.3, -0.25) is 10.1 Å². The van der Waals surface area contributed by atoms with Crippen LogP contribution in [0.1, 0.15) is 17.5 Å². The minimum absolute atomic E-state index is 0.0442. The van der Waals surface area contributed by atoms with Crippen LogP contribution in [0.4, 0.5) is 0 Å². The highest BCUT2D eigenvalue weighted by molar-refractivity contribution is 8.01. The molecule has 0 saturated carbocycles. The van der Waals surface area contributed by atoms with E-state index in [0.717, 1.165) is 19.3 Å². The predicted molar refractivity (Wildman–Crippen MR) is 68.2 cm³/mol. The Morgan fingerprint density at radius 2 is 2.18 bits per heavy atom. The van der Waals surface area contributed by atoms with E-state index in [2.05, 4.69) is 29.6 Å². The third-order valence-corrected chi connectivity index (χ3v) is 5.17. The fraction of sp³-hybridized carbons (Fsp3) is 0.462. The van der Waals surface area contributed by atoms with Crippen molar-refractivity contribution in [1.82, 2.24) is 5.32 Å². The lowest BCUT2D eigenvalue weighted by Gasteiger charge is -2.34. The molecule has 1 saturated heterocycles. The molecule has 1 aromatic rings. The molecule has 0 aromatic heterocycles. The minimum Gasteiger partial charge on any atom is -0.480 e. The number of thioether (sulfide) groups is 1. The topological polar surface area (TPSA) is 49.3 Å². The summed E-state index contributed by atoms with van der Waals surface area (Å²) in [4.78, 5) is 11.0. The third kappa shape index (κ3) is 1.96. The van der Waals surface area contributed by atoms with Gasteiger partial charge in [0.15, 0.2) is 0 Å². The molecule has 4 heteroatoms. The average Bonchev–Trinajstić information content (AvgIpc) is 2.73. The number of hydrogen-bond acceptors (Lipinski definition) is 3. The fourth-order valence-corrected chi connectivity index (χ4v) is 4.17. The Kier molecular flexibility index (Phi) is 2.64. The second-order valence-electron chi connectivity index (χ2n) is 4.79. The lowest BCUT2D eigenvalue weighted by atomic mass is 9.87. The number of aliphatic carboxylic acids is 1. The molecule has 1 heterocycles. The summed E-state index contributed by atoms with van der Waals surface area (Å²) < 4.78 is 0. The highest BCUT2D eigenvalue weighted by Gasteiger charge is 2.43. The summed E-state index contributed by atoms with van der Waals surface area (Å²) in [5.41, 5.74) is 2.78. The smallest absolute Gasteiger partial charge is 0.321 e. The molecule has 2 atom stereocenters. The van der Waals surface area contributed by atoms with E-state index in [1.807, 2.05) is 0 Å². The number of hydrogen-bond donors (Lipinski definition) is 2. The van der Waals surface area contributed by atoms with Gasteiger partial charge in [-0.1, -0.05) is 24.3 Å². The number of carboxylic acid groups (broad SMARTS) is 1. The van der Waals surface area contributed by atoms with Gasteiger partial charge in [-0.25, -0.2) is 0 Å². The number of fused-ring (bicyclic) bond motifs is 1. The van der Waals surface area contributed by atoms with Crippen LogP contribution in [-0.4, -0.2) is 27.7 Å². The molecule has 0 amide bonds. The summed E-state index contributed by atoms with van der Waals surface area (Å²) in [6, 6.07) is 8.09. The second kappa shape index (κ2) is 4.03. The van der Waals surface area contributed by atoms with Gasteiger partial charge in [0.25, 0.3) is 0 Å². The van der Waals surface area contributed by atoms with Crippen LogP contribution < -0.4 is 5.32 Å². The average molecular weight is 249 g/mol. The molecule has 2 unspecified atom stereocenters. The normalized spacial score (nSPS) is 31.4. The molecular formula is C13H15NO2S. The van der Waals surface area contributed by atoms with Gasteiger partial charge in [-0.05, 0) is 24.0 Å². The van der Waals surface area contributed by atoms with E-state index >= 15 is 0 Å². The van der Waals surface area contributed by atoms with Crippen molar-refractivity contribution in [2.24, 2.45) is 0 Å². The lowest BCUT2D eigenvalue weighted by Crippen LogP contribution is -2.48. The number of rotatable bonds is 1. The van der Waals surface area contributed by atoms with Crippen molar-refractivity contribution in [2.75, 3.05) is 5.75 Å². The summed E-state index contributed by atoms with van der Waals surface area (Å²) in [6.07, 6.45) is 3.01. The van der Waals surface area contributed by atoms with E-state index in [0.29, 0.717) is 5.75 Å². The minimum atomic E-state index is -0.728. The molecule has 1 spiro atoms. The van der Waals surface area contributed by atoms with Gasteiger partial charge in [0.2, 0.25) is 0 Å². The van der Waals surface area contributed by atoms with Crippen molar-refractivity contribution >= 4 is 17.7 Å². The van der Waals surface area contributed by atoms with Crippen LogP contribution >= 0.6 is 11.8 Å². The zero-order valence-corrected chi connectivity index (χ0v) is 10.3. The SMILES string of the molecule is O=C(O)C1CSC2(CCc3ccccc3C2)N1. The van der Waals surface area contributed by atoms with Crippen LogP contribution in [0.3, 0.4) is 0 Å². The number of aryl methyl sites for hydroxylation is 1. The molecule has 0 radical (unpaired) electrons. The van der Waals surface area contributed by atoms with E-state index in [-0.39, 0.29) is 10.9 Å². The van der Waals surface area contributed by atoms with Crippen LogP contribution in [0.25, 0.3) is 0 Å². The fourth-order valence-electron chi connectivity index (χ4n) is 2.73. The predicted octanol–water partition coefficient (Wildman–Crippen LogP) is 1.66. The van der Waals surface area contributed by atoms with Gasteiger partial charge < -0.3 is 5.11 Å². The zero-order valence-electron chi connectivity index (χ0n) is 9.48. The summed E-state index contributed by atoms with van der Waals surface area (Å²) in [7, 11) is 0. The highest BCUT2D eigenvalue weighted by Crippen LogP contribution is 2.41. The number of benzene rings is 1. The van der Waals surface area contributed by atoms with Crippen molar-refractivity contribution in [3.05, 3.63) is 35.4 Å². The molecule has 0 bridgehead atoms. The van der Waals surface area contributed by atoms with Crippen molar-refractivity contribution in [3.63, 3.8) is 0 Å². The van der Waals surface area contributed by atoms with Gasteiger partial charge in [0.05, 0.1) is 4.87 Å². The van der Waals surface area contributed by atoms with Gasteiger partial charge >= 0.3 is 5.97 Å². The Balaban J connectivity index is 1.82. The van der Waals surface area contributed by atoms with E-state index < -0.39 is 5.97 Å². The van der Waals surface area contributed by atoms with Crippen molar-refractivity contribution in [1.29, 1.82) is 0 Å². The molecule has 2 aliphatic rings. The van der Waals surface area contributed by atoms with E-state index in [1.165, 1.54) is 11.1 Å². The number of nitrogens with one attached hydrogen (secondary N) is 1. The van der Waals surface area contributed by atoms with Crippen LogP contribution in [0.2, 0.25) is 0 Å². The number of carbonyl (C=O) groups is 1. The van der Waals surface area contributed by atoms with Crippen molar-refractivity contribution in [3.8, 4) is 0 Å². The molecule has 1 aliphatic carbocycles. The maximum atomic E-state index is 11.0. The van der Waals surface area contributed by atoms with Gasteiger partial charge in [0.1, 0.15) is 6.04 Å². The first-order valence-corrected chi connectivity index (χ1v) is 6.88. The monoisotopic (exact) mass is 249 g/mol.